The molecule has 2 heterocycles. The SMILES string of the molecule is CC(=O)N[C@@H]1C[C@H](OC(C)=O)[C@@H](C)O[C@H]1O[C@@H]1[C@@H](OC(C)=O)[C@H](OCc2ccc3ccccc3c2)O[C@H](COC(C)=O)[C@H]1OC(C)=O. The predicted molar refractivity (Wildman–Crippen MR) is 162 cm³/mol. The van der Waals surface area contributed by atoms with E-state index in [2.05, 4.69) is 5.32 Å². The van der Waals surface area contributed by atoms with E-state index in [4.69, 9.17) is 37.9 Å². The molecule has 4 rings (SSSR count). The number of rotatable bonds is 11. The van der Waals surface area contributed by atoms with Crippen LogP contribution in [0.15, 0.2) is 42.5 Å². The molecule has 1 N–H and O–H groups in total. The van der Waals surface area contributed by atoms with Crippen LogP contribution in [0.25, 0.3) is 10.8 Å². The molecule has 0 spiro atoms. The van der Waals surface area contributed by atoms with Gasteiger partial charge in [-0.1, -0.05) is 36.4 Å². The first-order valence-corrected chi connectivity index (χ1v) is 15.3. The molecule has 256 valence electrons. The van der Waals surface area contributed by atoms with Crippen LogP contribution in [-0.4, -0.2) is 91.6 Å². The topological polar surface area (TPSA) is 171 Å². The third kappa shape index (κ3) is 9.94. The lowest BCUT2D eigenvalue weighted by Crippen LogP contribution is -2.65. The van der Waals surface area contributed by atoms with Gasteiger partial charge >= 0.3 is 23.9 Å². The number of hydrogen-bond acceptors (Lipinski definition) is 13. The van der Waals surface area contributed by atoms with Crippen LogP contribution in [0, 0.1) is 0 Å². The lowest BCUT2D eigenvalue weighted by Gasteiger charge is -2.47. The number of benzene rings is 2. The highest BCUT2D eigenvalue weighted by molar-refractivity contribution is 5.83. The third-order valence-electron chi connectivity index (χ3n) is 7.56. The molecule has 2 saturated heterocycles. The van der Waals surface area contributed by atoms with Crippen LogP contribution < -0.4 is 5.32 Å². The summed E-state index contributed by atoms with van der Waals surface area (Å²) in [5, 5.41) is 4.77. The van der Waals surface area contributed by atoms with Crippen LogP contribution in [0.1, 0.15) is 53.5 Å². The van der Waals surface area contributed by atoms with E-state index in [0.29, 0.717) is 0 Å². The average molecular weight is 660 g/mol. The Morgan fingerprint density at radius 3 is 2.06 bits per heavy atom. The minimum absolute atomic E-state index is 0.0219. The number of hydrogen-bond donors (Lipinski definition) is 1. The number of ether oxygens (including phenoxy) is 8. The van der Waals surface area contributed by atoms with E-state index in [9.17, 15) is 24.0 Å². The van der Waals surface area contributed by atoms with E-state index in [1.807, 2.05) is 42.5 Å². The van der Waals surface area contributed by atoms with Crippen molar-refractivity contribution in [3.63, 3.8) is 0 Å². The van der Waals surface area contributed by atoms with E-state index in [-0.39, 0.29) is 19.6 Å². The largest absolute Gasteiger partial charge is 0.463 e. The summed E-state index contributed by atoms with van der Waals surface area (Å²) in [5.41, 5.74) is 0.789. The van der Waals surface area contributed by atoms with Crippen molar-refractivity contribution in [3.05, 3.63) is 48.0 Å². The molecule has 0 unspecified atom stereocenters. The van der Waals surface area contributed by atoms with E-state index in [0.717, 1.165) is 16.3 Å². The molecule has 2 aliphatic heterocycles. The highest BCUT2D eigenvalue weighted by Gasteiger charge is 2.54. The maximum atomic E-state index is 12.4. The van der Waals surface area contributed by atoms with Gasteiger partial charge in [-0.2, -0.15) is 0 Å². The van der Waals surface area contributed by atoms with Crippen molar-refractivity contribution in [2.24, 2.45) is 0 Å². The fourth-order valence-electron chi connectivity index (χ4n) is 5.63. The van der Waals surface area contributed by atoms with Gasteiger partial charge in [-0.25, -0.2) is 0 Å². The Kier molecular flexibility index (Phi) is 12.3. The van der Waals surface area contributed by atoms with Gasteiger partial charge in [-0.3, -0.25) is 24.0 Å². The molecule has 1 amide bonds. The maximum absolute atomic E-state index is 12.4. The summed E-state index contributed by atoms with van der Waals surface area (Å²) in [6.45, 7) is 7.47. The van der Waals surface area contributed by atoms with E-state index < -0.39 is 85.0 Å². The molecule has 0 radical (unpaired) electrons. The molecular formula is C33H41NO13. The lowest BCUT2D eigenvalue weighted by molar-refractivity contribution is -0.343. The fourth-order valence-corrected chi connectivity index (χ4v) is 5.63. The first-order valence-electron chi connectivity index (χ1n) is 15.3. The number of fused-ring (bicyclic) bond motifs is 1. The second-order valence-electron chi connectivity index (χ2n) is 11.5. The Hall–Kier alpha value is -4.11. The summed E-state index contributed by atoms with van der Waals surface area (Å²) in [6, 6.07) is 12.7. The number of amides is 1. The zero-order valence-electron chi connectivity index (χ0n) is 27.2. The standard InChI is InChI=1S/C33H41NO13/c1-17-27(43-20(4)37)14-26(34-18(2)35)32(42-17)47-30-29(44-21(5)38)28(16-40-19(3)36)46-33(31(30)45-22(6)39)41-15-23-11-12-24-9-7-8-10-25(24)13-23/h7-13,17,26-33H,14-16H2,1-6H3,(H,34,35)/t17-,26-,27+,28-,29-,30+,31-,32+,33-/m1/s1. The Balaban J connectivity index is 1.69. The molecule has 9 atom stereocenters. The van der Waals surface area contributed by atoms with E-state index in [1.54, 1.807) is 6.92 Å². The van der Waals surface area contributed by atoms with Gasteiger partial charge in [0.25, 0.3) is 0 Å². The molecule has 14 heteroatoms. The number of carbonyl (C=O) groups is 5. The minimum atomic E-state index is -1.33. The zero-order valence-corrected chi connectivity index (χ0v) is 27.2. The monoisotopic (exact) mass is 659 g/mol. The minimum Gasteiger partial charge on any atom is -0.463 e. The van der Waals surface area contributed by atoms with Gasteiger partial charge in [-0.05, 0) is 29.3 Å². The van der Waals surface area contributed by atoms with E-state index in [1.165, 1.54) is 34.6 Å². The van der Waals surface area contributed by atoms with Crippen LogP contribution >= 0.6 is 0 Å². The van der Waals surface area contributed by atoms with Crippen molar-refractivity contribution >= 4 is 40.6 Å². The second kappa shape index (κ2) is 16.1. The van der Waals surface area contributed by atoms with Gasteiger partial charge in [-0.15, -0.1) is 0 Å². The Labute approximate surface area is 272 Å². The number of esters is 4. The van der Waals surface area contributed by atoms with Crippen LogP contribution in [0.5, 0.6) is 0 Å². The van der Waals surface area contributed by atoms with Crippen molar-refractivity contribution in [1.82, 2.24) is 5.32 Å². The first-order chi connectivity index (χ1) is 22.3. The molecule has 0 aliphatic carbocycles. The van der Waals surface area contributed by atoms with Gasteiger partial charge in [0, 0.05) is 41.0 Å². The summed E-state index contributed by atoms with van der Waals surface area (Å²) in [4.78, 5) is 60.5. The predicted octanol–water partition coefficient (Wildman–Crippen LogP) is 2.46. The van der Waals surface area contributed by atoms with Crippen LogP contribution in [-0.2, 0) is 68.5 Å². The zero-order chi connectivity index (χ0) is 34.2. The van der Waals surface area contributed by atoms with Gasteiger partial charge < -0.3 is 43.2 Å². The van der Waals surface area contributed by atoms with Gasteiger partial charge in [0.15, 0.2) is 24.8 Å². The van der Waals surface area contributed by atoms with Crippen molar-refractivity contribution in [1.29, 1.82) is 0 Å². The maximum Gasteiger partial charge on any atom is 0.303 e. The van der Waals surface area contributed by atoms with Crippen LogP contribution in [0.3, 0.4) is 0 Å². The summed E-state index contributed by atoms with van der Waals surface area (Å²) >= 11 is 0. The van der Waals surface area contributed by atoms with Gasteiger partial charge in [0.1, 0.15) is 24.9 Å². The first kappa shape index (κ1) is 35.7. The molecule has 47 heavy (non-hydrogen) atoms. The summed E-state index contributed by atoms with van der Waals surface area (Å²) in [7, 11) is 0. The third-order valence-corrected chi connectivity index (χ3v) is 7.56. The molecule has 0 aromatic heterocycles. The smallest absolute Gasteiger partial charge is 0.303 e. The van der Waals surface area contributed by atoms with Gasteiger partial charge in [0.05, 0.1) is 18.8 Å². The highest BCUT2D eigenvalue weighted by Crippen LogP contribution is 2.34. The average Bonchev–Trinajstić information content (AvgIpc) is 2.98. The van der Waals surface area contributed by atoms with Crippen molar-refractivity contribution in [3.8, 4) is 0 Å². The quantitative estimate of drug-likeness (QED) is 0.276. The molecule has 2 aromatic carbocycles. The molecule has 14 nitrogen and oxygen atoms in total. The van der Waals surface area contributed by atoms with Crippen molar-refractivity contribution in [2.75, 3.05) is 6.61 Å². The molecule has 0 bridgehead atoms. The molecule has 0 saturated carbocycles. The van der Waals surface area contributed by atoms with Crippen molar-refractivity contribution in [2.45, 2.75) is 110 Å². The molecule has 2 fully saturated rings. The molecular weight excluding hydrogens is 618 g/mol. The molecule has 2 aromatic rings. The lowest BCUT2D eigenvalue weighted by atomic mass is 9.96. The number of nitrogens with one attached hydrogen (secondary N) is 1. The van der Waals surface area contributed by atoms with Gasteiger partial charge in [0.2, 0.25) is 5.91 Å². The summed E-state index contributed by atoms with van der Waals surface area (Å²) in [5.74, 6) is -2.98. The Morgan fingerprint density at radius 2 is 1.43 bits per heavy atom. The second-order valence-corrected chi connectivity index (χ2v) is 11.5. The normalized spacial score (nSPS) is 28.9. The Morgan fingerprint density at radius 1 is 0.766 bits per heavy atom. The van der Waals surface area contributed by atoms with Crippen LogP contribution in [0.2, 0.25) is 0 Å². The van der Waals surface area contributed by atoms with Crippen LogP contribution in [0.4, 0.5) is 0 Å². The van der Waals surface area contributed by atoms with Crippen molar-refractivity contribution < 1.29 is 61.9 Å². The molecule has 2 aliphatic rings. The Bertz CT molecular complexity index is 1450. The van der Waals surface area contributed by atoms with E-state index >= 15 is 0 Å². The number of carbonyl (C=O) groups excluding carboxylic acids is 5. The highest BCUT2D eigenvalue weighted by atomic mass is 16.8. The summed E-state index contributed by atoms with van der Waals surface area (Å²) < 4.78 is 46.9. The fraction of sp³-hybridized carbons (Fsp3) is 0.545. The summed E-state index contributed by atoms with van der Waals surface area (Å²) in [6.07, 6.45) is -8.80.